The zero-order valence-corrected chi connectivity index (χ0v) is 11.0. The van der Waals surface area contributed by atoms with E-state index in [0.717, 1.165) is 10.9 Å². The molecule has 3 N–H and O–H groups in total. The Balaban J connectivity index is 2.17. The largest absolute Gasteiger partial charge is 0.398 e. The number of nitrogens with two attached hydrogens (primary N) is 1. The van der Waals surface area contributed by atoms with E-state index in [0.29, 0.717) is 16.7 Å². The minimum absolute atomic E-state index is 0.235. The van der Waals surface area contributed by atoms with E-state index in [4.69, 9.17) is 5.73 Å². The van der Waals surface area contributed by atoms with Gasteiger partial charge < -0.3 is 11.1 Å². The molecule has 2 nitrogen and oxygen atoms in total. The van der Waals surface area contributed by atoms with Gasteiger partial charge in [-0.25, -0.2) is 8.78 Å². The fourth-order valence-electron chi connectivity index (χ4n) is 1.37. The van der Waals surface area contributed by atoms with Crippen LogP contribution in [0.1, 0.15) is 4.88 Å². The monoisotopic (exact) mass is 318 g/mol. The molecular formula is C11H9BrF2N2S. The molecule has 0 spiro atoms. The second kappa shape index (κ2) is 5.01. The number of thiophene rings is 1. The minimum atomic E-state index is -0.632. The van der Waals surface area contributed by atoms with Crippen LogP contribution in [0.3, 0.4) is 0 Å². The molecule has 1 aromatic heterocycles. The first-order valence-electron chi connectivity index (χ1n) is 4.78. The van der Waals surface area contributed by atoms with E-state index in [9.17, 15) is 8.78 Å². The molecule has 2 aromatic rings. The lowest BCUT2D eigenvalue weighted by Crippen LogP contribution is -2.03. The molecule has 6 heteroatoms. The summed E-state index contributed by atoms with van der Waals surface area (Å²) in [7, 11) is 0. The summed E-state index contributed by atoms with van der Waals surface area (Å²) in [6, 6.07) is 3.84. The van der Waals surface area contributed by atoms with E-state index >= 15 is 0 Å². The van der Waals surface area contributed by atoms with Crippen LogP contribution >= 0.6 is 27.3 Å². The highest BCUT2D eigenvalue weighted by Crippen LogP contribution is 2.28. The Morgan fingerprint density at radius 2 is 2.12 bits per heavy atom. The summed E-state index contributed by atoms with van der Waals surface area (Å²) in [4.78, 5) is 0.917. The van der Waals surface area contributed by atoms with Gasteiger partial charge in [0, 0.05) is 21.1 Å². The summed E-state index contributed by atoms with van der Waals surface area (Å²) >= 11 is 4.59. The molecule has 2 rings (SSSR count). The Bertz CT molecular complexity index is 519. The molecule has 0 fully saturated rings. The van der Waals surface area contributed by atoms with Crippen molar-refractivity contribution >= 4 is 38.6 Å². The van der Waals surface area contributed by atoms with Gasteiger partial charge in [0.05, 0.1) is 12.2 Å². The van der Waals surface area contributed by atoms with Crippen LogP contribution < -0.4 is 11.1 Å². The van der Waals surface area contributed by atoms with E-state index < -0.39 is 11.6 Å². The van der Waals surface area contributed by atoms with Gasteiger partial charge in [-0.1, -0.05) is 0 Å². The van der Waals surface area contributed by atoms with Gasteiger partial charge >= 0.3 is 0 Å². The van der Waals surface area contributed by atoms with Crippen LogP contribution in [0.25, 0.3) is 0 Å². The van der Waals surface area contributed by atoms with E-state index in [1.807, 2.05) is 5.38 Å². The topological polar surface area (TPSA) is 38.0 Å². The molecule has 0 unspecified atom stereocenters. The lowest BCUT2D eigenvalue weighted by molar-refractivity contribution is 0.583. The van der Waals surface area contributed by atoms with Gasteiger partial charge in [0.25, 0.3) is 0 Å². The van der Waals surface area contributed by atoms with E-state index in [1.54, 1.807) is 6.07 Å². The van der Waals surface area contributed by atoms with E-state index in [1.165, 1.54) is 17.4 Å². The molecule has 90 valence electrons. The van der Waals surface area contributed by atoms with Gasteiger partial charge in [-0.2, -0.15) is 0 Å². The van der Waals surface area contributed by atoms with Gasteiger partial charge in [-0.3, -0.25) is 0 Å². The number of rotatable bonds is 3. The average molecular weight is 319 g/mol. The number of benzene rings is 1. The minimum Gasteiger partial charge on any atom is -0.398 e. The Morgan fingerprint density at radius 1 is 1.35 bits per heavy atom. The van der Waals surface area contributed by atoms with Gasteiger partial charge in [0.1, 0.15) is 11.6 Å². The molecule has 1 aromatic carbocycles. The summed E-state index contributed by atoms with van der Waals surface area (Å²) in [5, 5.41) is 4.76. The van der Waals surface area contributed by atoms with Gasteiger partial charge in [-0.05, 0) is 33.4 Å². The highest BCUT2D eigenvalue weighted by atomic mass is 79.9. The second-order valence-corrected chi connectivity index (χ2v) is 5.25. The maximum absolute atomic E-state index is 13.5. The Morgan fingerprint density at radius 3 is 2.71 bits per heavy atom. The number of hydrogen-bond donors (Lipinski definition) is 2. The van der Waals surface area contributed by atoms with Crippen molar-refractivity contribution in [2.24, 2.45) is 0 Å². The smallest absolute Gasteiger partial charge is 0.150 e. The Hall–Kier alpha value is -1.14. The maximum atomic E-state index is 13.5. The number of nitrogens with one attached hydrogen (secondary N) is 1. The second-order valence-electron chi connectivity index (χ2n) is 3.40. The van der Waals surface area contributed by atoms with Crippen molar-refractivity contribution in [2.45, 2.75) is 6.54 Å². The zero-order chi connectivity index (χ0) is 12.4. The van der Waals surface area contributed by atoms with Crippen molar-refractivity contribution in [3.05, 3.63) is 44.6 Å². The Kier molecular flexibility index (Phi) is 3.63. The predicted octanol–water partition coefficient (Wildman–Crippen LogP) is 3.98. The van der Waals surface area contributed by atoms with Crippen LogP contribution in [-0.4, -0.2) is 0 Å². The summed E-state index contributed by atoms with van der Waals surface area (Å²) in [6.45, 7) is 0.407. The standard InChI is InChI=1S/C11H9BrF2N2S/c12-7-3-6(13)4-8(14)11(7)16-5-10-9(15)1-2-17-10/h1-4,16H,5,15H2. The Labute approximate surface area is 110 Å². The van der Waals surface area contributed by atoms with Gasteiger partial charge in [0.15, 0.2) is 0 Å². The maximum Gasteiger partial charge on any atom is 0.150 e. The van der Waals surface area contributed by atoms with Crippen LogP contribution in [0.4, 0.5) is 20.2 Å². The summed E-state index contributed by atoms with van der Waals surface area (Å²) in [5.74, 6) is -1.25. The van der Waals surface area contributed by atoms with Crippen LogP contribution in [0.5, 0.6) is 0 Å². The molecule has 0 atom stereocenters. The molecule has 17 heavy (non-hydrogen) atoms. The molecule has 0 aliphatic heterocycles. The molecule has 0 bridgehead atoms. The fraction of sp³-hybridized carbons (Fsp3) is 0.0909. The van der Waals surface area contributed by atoms with Crippen LogP contribution in [0.15, 0.2) is 28.1 Å². The first-order valence-corrected chi connectivity index (χ1v) is 6.45. The molecule has 0 aliphatic rings. The summed E-state index contributed by atoms with van der Waals surface area (Å²) in [6.07, 6.45) is 0. The SMILES string of the molecule is Nc1ccsc1CNc1c(F)cc(F)cc1Br. The van der Waals surface area contributed by atoms with Crippen LogP contribution in [0.2, 0.25) is 0 Å². The van der Waals surface area contributed by atoms with Crippen LogP contribution in [0, 0.1) is 11.6 Å². The van der Waals surface area contributed by atoms with Crippen molar-refractivity contribution in [3.8, 4) is 0 Å². The molecule has 0 amide bonds. The summed E-state index contributed by atoms with van der Waals surface area (Å²) in [5.41, 5.74) is 6.61. The van der Waals surface area contributed by atoms with Crippen LogP contribution in [-0.2, 0) is 6.54 Å². The number of hydrogen-bond acceptors (Lipinski definition) is 3. The van der Waals surface area contributed by atoms with E-state index in [2.05, 4.69) is 21.2 Å². The summed E-state index contributed by atoms with van der Waals surface area (Å²) < 4.78 is 26.7. The number of nitrogen functional groups attached to an aromatic ring is 1. The highest BCUT2D eigenvalue weighted by molar-refractivity contribution is 9.10. The average Bonchev–Trinajstić information content (AvgIpc) is 2.62. The van der Waals surface area contributed by atoms with Crippen molar-refractivity contribution in [1.82, 2.24) is 0 Å². The van der Waals surface area contributed by atoms with E-state index in [-0.39, 0.29) is 5.69 Å². The molecule has 1 heterocycles. The lowest BCUT2D eigenvalue weighted by atomic mass is 10.3. The first kappa shape index (κ1) is 12.3. The lowest BCUT2D eigenvalue weighted by Gasteiger charge is -2.09. The van der Waals surface area contributed by atoms with Crippen molar-refractivity contribution in [3.63, 3.8) is 0 Å². The third kappa shape index (κ3) is 2.76. The zero-order valence-electron chi connectivity index (χ0n) is 8.64. The first-order chi connectivity index (χ1) is 8.08. The third-order valence-corrected chi connectivity index (χ3v) is 3.77. The van der Waals surface area contributed by atoms with Crippen molar-refractivity contribution in [2.75, 3.05) is 11.1 Å². The van der Waals surface area contributed by atoms with Crippen molar-refractivity contribution in [1.29, 1.82) is 0 Å². The van der Waals surface area contributed by atoms with Gasteiger partial charge in [-0.15, -0.1) is 11.3 Å². The normalized spacial score (nSPS) is 10.5. The molecule has 0 saturated heterocycles. The number of anilines is 2. The molecular weight excluding hydrogens is 310 g/mol. The molecule has 0 radical (unpaired) electrons. The quantitative estimate of drug-likeness (QED) is 0.898. The van der Waals surface area contributed by atoms with Gasteiger partial charge in [0.2, 0.25) is 0 Å². The fourth-order valence-corrected chi connectivity index (χ4v) is 2.66. The molecule has 0 saturated carbocycles. The van der Waals surface area contributed by atoms with Crippen molar-refractivity contribution < 1.29 is 8.78 Å². The molecule has 0 aliphatic carbocycles. The number of halogens is 3. The highest BCUT2D eigenvalue weighted by Gasteiger charge is 2.10. The third-order valence-electron chi connectivity index (χ3n) is 2.21. The predicted molar refractivity (Wildman–Crippen MR) is 70.1 cm³/mol.